The maximum atomic E-state index is 10.9. The molecule has 7 N–H and O–H groups in total. The van der Waals surface area contributed by atoms with E-state index < -0.39 is 11.0 Å². The third-order valence-electron chi connectivity index (χ3n) is 17.1. The van der Waals surface area contributed by atoms with E-state index >= 15 is 0 Å². The fraction of sp³-hybridized carbons (Fsp3) is 0.0814. The Bertz CT molecular complexity index is 6110. The summed E-state index contributed by atoms with van der Waals surface area (Å²) in [5.74, 6) is -0.211. The number of anilines is 3. The summed E-state index contributed by atoms with van der Waals surface area (Å²) in [5.41, 5.74) is 45.4. The number of nitriles is 1. The molecule has 0 unspecified atom stereocenters. The number of nitrogens with two attached hydrogens (primary N) is 3. The molecule has 0 aliphatic carbocycles. The molecule has 4 heterocycles. The van der Waals surface area contributed by atoms with Gasteiger partial charge in [0.15, 0.2) is 5.13 Å². The molecule has 0 radical (unpaired) electrons. The fourth-order valence-electron chi connectivity index (χ4n) is 12.2. The van der Waals surface area contributed by atoms with Crippen molar-refractivity contribution in [3.63, 3.8) is 0 Å². The molecular formula is C86H66Cl4N11NaO8S4. The molecule has 0 aliphatic heterocycles. The summed E-state index contributed by atoms with van der Waals surface area (Å²) in [5, 5.41) is 42.5. The smallest absolute Gasteiger partial charge is 0.812 e. The molecule has 4 aromatic heterocycles. The van der Waals surface area contributed by atoms with E-state index in [4.69, 9.17) is 74.0 Å². The van der Waals surface area contributed by atoms with E-state index in [1.54, 1.807) is 77.3 Å². The number of nitro benzene ring substituents is 2. The first kappa shape index (κ1) is 85.2. The van der Waals surface area contributed by atoms with Gasteiger partial charge in [-0.3, -0.25) is 25.0 Å². The largest absolute Gasteiger partial charge is 1.00 e. The van der Waals surface area contributed by atoms with E-state index in [9.17, 15) is 29.8 Å². The first-order chi connectivity index (χ1) is 54.5. The number of non-ortho nitro benzene ring substituents is 2. The Kier molecular flexibility index (Phi) is 30.7. The number of ether oxygens (including phenoxy) is 1. The van der Waals surface area contributed by atoms with Gasteiger partial charge in [0.05, 0.1) is 73.9 Å². The third kappa shape index (κ3) is 23.7. The van der Waals surface area contributed by atoms with Crippen LogP contribution in [0.25, 0.3) is 85.4 Å². The van der Waals surface area contributed by atoms with Crippen LogP contribution in [-0.2, 0) is 35.2 Å². The maximum Gasteiger partial charge on any atom is 1.00 e. The van der Waals surface area contributed by atoms with Gasteiger partial charge in [0.2, 0.25) is 0 Å². The molecule has 0 saturated carbocycles. The van der Waals surface area contributed by atoms with E-state index in [1.165, 1.54) is 51.8 Å². The van der Waals surface area contributed by atoms with E-state index in [-0.39, 0.29) is 51.8 Å². The quantitative estimate of drug-likeness (QED) is 0.0174. The van der Waals surface area contributed by atoms with Crippen LogP contribution in [0.2, 0.25) is 20.1 Å². The molecule has 16 aromatic rings. The fourth-order valence-corrected chi connectivity index (χ4v) is 16.1. The van der Waals surface area contributed by atoms with E-state index in [0.717, 1.165) is 132 Å². The molecule has 0 bridgehead atoms. The Morgan fingerprint density at radius 2 is 0.772 bits per heavy atom. The van der Waals surface area contributed by atoms with Crippen molar-refractivity contribution in [3.8, 4) is 50.8 Å². The molecule has 0 atom stereocenters. The number of carbonyl (C=O) groups excluding carboxylic acids is 2. The van der Waals surface area contributed by atoms with Crippen molar-refractivity contribution in [2.24, 2.45) is 5.73 Å². The zero-order chi connectivity index (χ0) is 80.1. The number of amides is 2. The molecule has 28 heteroatoms. The molecule has 12 aromatic carbocycles. The number of nitrogens with one attached hydrogen (secondary N) is 1. The minimum absolute atomic E-state index is 0. The molecule has 16 rings (SSSR count). The topological polar surface area (TPSA) is 318 Å². The summed E-state index contributed by atoms with van der Waals surface area (Å²) < 4.78 is 8.86. The predicted octanol–water partition coefficient (Wildman–Crippen LogP) is 19.7. The van der Waals surface area contributed by atoms with Gasteiger partial charge in [0.25, 0.3) is 11.4 Å². The van der Waals surface area contributed by atoms with Gasteiger partial charge in [-0.05, 0) is 221 Å². The molecule has 566 valence electrons. The van der Waals surface area contributed by atoms with E-state index in [2.05, 4.69) is 96.7 Å². The SMILES string of the molecule is CCOC(C)=O.N#C[O-].NC(=O)Nc1ccc(Cc2cc(-c3cccc(Cl)c3)c3ncsc3c2)cc1.Nc1ccc(Cc2cc(-c3cccc(Cl)c3)c3ncsc3c2)cc1.Nc1nc2c(-c3cccc(Cl)c3)cc(Cc3ccc([N+](=O)[O-])cc3)cc2s1.O=[N+]([O-])c1ccc(Cc2cc(-c3cccc(Cl)c3)c3ncsc3c2)cc1.[Na+]. The number of esters is 1. The van der Waals surface area contributed by atoms with Crippen molar-refractivity contribution in [2.75, 3.05) is 23.4 Å². The second-order valence-electron chi connectivity index (χ2n) is 25.1. The zero-order valence-corrected chi connectivity index (χ0v) is 69.4. The minimum atomic E-state index is -0.565. The van der Waals surface area contributed by atoms with Gasteiger partial charge in [0.1, 0.15) is 0 Å². The second kappa shape index (κ2) is 41.0. The number of aromatic nitrogens is 4. The number of carbonyl (C=O) groups is 2. The van der Waals surface area contributed by atoms with Gasteiger partial charge >= 0.3 is 41.6 Å². The van der Waals surface area contributed by atoms with Crippen LogP contribution in [0.4, 0.5) is 32.7 Å². The number of halogens is 4. The van der Waals surface area contributed by atoms with Gasteiger partial charge in [-0.15, -0.1) is 34.0 Å². The van der Waals surface area contributed by atoms with Crippen LogP contribution in [0.5, 0.6) is 0 Å². The van der Waals surface area contributed by atoms with Crippen molar-refractivity contribution in [1.82, 2.24) is 19.9 Å². The number of hydrogen-bond donors (Lipinski definition) is 4. The van der Waals surface area contributed by atoms with Crippen molar-refractivity contribution in [3.05, 3.63) is 344 Å². The maximum absolute atomic E-state index is 10.9. The van der Waals surface area contributed by atoms with Crippen molar-refractivity contribution in [1.29, 1.82) is 5.26 Å². The molecule has 0 spiro atoms. The second-order valence-corrected chi connectivity index (χ2v) is 30.6. The van der Waals surface area contributed by atoms with Gasteiger partial charge in [-0.25, -0.2) is 30.0 Å². The van der Waals surface area contributed by atoms with E-state index in [0.29, 0.717) is 51.6 Å². The number of fused-ring (bicyclic) bond motifs is 4. The minimum Gasteiger partial charge on any atom is -0.812 e. The summed E-state index contributed by atoms with van der Waals surface area (Å²) in [6.45, 7) is 3.65. The Hall–Kier alpha value is -11.2. The molecule has 2 amide bonds. The first-order valence-electron chi connectivity index (χ1n) is 34.5. The number of primary amides is 1. The zero-order valence-electron chi connectivity index (χ0n) is 61.1. The Labute approximate surface area is 713 Å². The van der Waals surface area contributed by atoms with Gasteiger partial charge < -0.3 is 32.4 Å². The van der Waals surface area contributed by atoms with Crippen LogP contribution in [0.3, 0.4) is 0 Å². The average Bonchev–Trinajstić information content (AvgIpc) is 1.50. The van der Waals surface area contributed by atoms with Crippen molar-refractivity contribution in [2.45, 2.75) is 39.5 Å². The van der Waals surface area contributed by atoms with Gasteiger partial charge in [-0.2, -0.15) is 0 Å². The Balaban J connectivity index is 0.000000155. The number of rotatable bonds is 16. The number of nitrogen functional groups attached to an aromatic ring is 2. The van der Waals surface area contributed by atoms with Gasteiger partial charge in [-0.1, -0.05) is 155 Å². The number of benzene rings is 12. The summed E-state index contributed by atoms with van der Waals surface area (Å²) in [6.07, 6.45) is 3.48. The number of nitrogens with zero attached hydrogens (tertiary/aromatic N) is 7. The summed E-state index contributed by atoms with van der Waals surface area (Å²) in [4.78, 5) is 59.7. The summed E-state index contributed by atoms with van der Waals surface area (Å²) in [6, 6.07) is 76.7. The number of nitro groups is 2. The van der Waals surface area contributed by atoms with E-state index in [1.807, 2.05) is 144 Å². The average molecular weight is 1670 g/mol. The summed E-state index contributed by atoms with van der Waals surface area (Å²) >= 11 is 31.0. The van der Waals surface area contributed by atoms with Crippen molar-refractivity contribution < 1.29 is 58.8 Å². The normalized spacial score (nSPS) is 10.5. The molecule has 114 heavy (non-hydrogen) atoms. The first-order valence-corrected chi connectivity index (χ1v) is 39.4. The molecular weight excluding hydrogens is 1610 g/mol. The summed E-state index contributed by atoms with van der Waals surface area (Å²) in [7, 11) is 0. The molecule has 0 saturated heterocycles. The van der Waals surface area contributed by atoms with Crippen molar-refractivity contribution >= 4 is 172 Å². The Morgan fingerprint density at radius 1 is 0.465 bits per heavy atom. The molecule has 0 aliphatic rings. The van der Waals surface area contributed by atoms with Crippen LogP contribution >= 0.6 is 91.8 Å². The number of thiazole rings is 4. The Morgan fingerprint density at radius 3 is 1.06 bits per heavy atom. The number of hydrogen-bond acceptors (Lipinski definition) is 19. The predicted molar refractivity (Wildman–Crippen MR) is 461 cm³/mol. The van der Waals surface area contributed by atoms with Gasteiger partial charge in [0, 0.05) is 91.2 Å². The third-order valence-corrected chi connectivity index (χ3v) is 21.2. The van der Waals surface area contributed by atoms with Crippen LogP contribution < -0.4 is 57.2 Å². The van der Waals surface area contributed by atoms with Crippen LogP contribution in [-0.4, -0.2) is 48.4 Å². The molecule has 0 fully saturated rings. The number of urea groups is 1. The molecule has 19 nitrogen and oxygen atoms in total. The monoisotopic (exact) mass is 1670 g/mol. The van der Waals surface area contributed by atoms with Crippen LogP contribution in [0.15, 0.2) is 259 Å². The van der Waals surface area contributed by atoms with Crippen LogP contribution in [0.1, 0.15) is 58.4 Å². The standard InChI is InChI=1S/C21H16ClN3OS.C20H14ClN3O2S.C20H13ClN2O2S.C20H15ClN2S.C4H8O2.CHNO.Na/c22-16-3-1-2-15(11-16)18-9-14(10-19-20(18)24-12-27-19)8-13-4-6-17(7-5-13)25-21(23)26;21-15-3-1-2-14(11-15)17-9-13(10-18-19(17)23-20(22)27-18)8-12-4-6-16(7-5-12)24(25)26;21-16-3-1-2-15(11-16)18-9-14(10-19-20(18)22-12-26-19)8-13-4-6-17(7-5-13)23(24)25;21-16-3-1-2-15(11-16)18-9-14(10-19-20(18)23-12-24-19)8-13-4-6-17(22)7-5-13;1-3-6-4(2)5;2-1-3;/h1-7,9-12H,8H2,(H3,23,25,26);1-7,9-11H,8H2,(H2,22,23);1-7,9-12H,8H2;1-7,9-12H,8,22H2;3H2,1-2H3;3H;/q;;;;;;+1/p-1. The van der Waals surface area contributed by atoms with Crippen LogP contribution in [0, 0.1) is 31.7 Å².